The van der Waals surface area contributed by atoms with Crippen LogP contribution in [0.15, 0.2) is 60.7 Å². The Morgan fingerprint density at radius 3 is 2.37 bits per heavy atom. The molecule has 1 N–H and O–H groups in total. The minimum Gasteiger partial charge on any atom is -0.489 e. The van der Waals surface area contributed by atoms with Gasteiger partial charge >= 0.3 is 0 Å². The SMILES string of the molecule is CCCCCCCCNCc1c(OCc2ccc(Cl)cc2)ccc2ccccc12.Cl. The van der Waals surface area contributed by atoms with E-state index < -0.39 is 0 Å². The van der Waals surface area contributed by atoms with E-state index in [-0.39, 0.29) is 12.4 Å². The molecule has 0 aliphatic rings. The molecular formula is C26H33Cl2NO. The van der Waals surface area contributed by atoms with E-state index in [2.05, 4.69) is 48.6 Å². The van der Waals surface area contributed by atoms with E-state index in [1.165, 1.54) is 54.9 Å². The molecule has 0 amide bonds. The zero-order chi connectivity index (χ0) is 20.3. The zero-order valence-electron chi connectivity index (χ0n) is 17.8. The van der Waals surface area contributed by atoms with E-state index in [1.807, 2.05) is 24.3 Å². The molecule has 0 heterocycles. The first-order chi connectivity index (χ1) is 14.3. The summed E-state index contributed by atoms with van der Waals surface area (Å²) in [4.78, 5) is 0. The number of rotatable bonds is 12. The monoisotopic (exact) mass is 445 g/mol. The lowest BCUT2D eigenvalue weighted by molar-refractivity contribution is 0.302. The maximum absolute atomic E-state index is 6.21. The third-order valence-electron chi connectivity index (χ3n) is 5.31. The third kappa shape index (κ3) is 7.50. The molecule has 0 aliphatic heterocycles. The summed E-state index contributed by atoms with van der Waals surface area (Å²) in [6.07, 6.45) is 7.91. The van der Waals surface area contributed by atoms with Gasteiger partial charge in [-0.25, -0.2) is 0 Å². The lowest BCUT2D eigenvalue weighted by atomic mass is 10.0. The normalized spacial score (nSPS) is 10.7. The Kier molecular flexibility index (Phi) is 11.1. The molecule has 0 bridgehead atoms. The lowest BCUT2D eigenvalue weighted by Gasteiger charge is -2.15. The molecule has 3 aromatic carbocycles. The van der Waals surface area contributed by atoms with Crippen molar-refractivity contribution in [3.8, 4) is 5.75 Å². The van der Waals surface area contributed by atoms with Gasteiger partial charge in [0.25, 0.3) is 0 Å². The molecule has 162 valence electrons. The molecule has 0 spiro atoms. The van der Waals surface area contributed by atoms with Gasteiger partial charge in [-0.15, -0.1) is 12.4 Å². The van der Waals surface area contributed by atoms with Crippen molar-refractivity contribution in [2.45, 2.75) is 58.6 Å². The van der Waals surface area contributed by atoms with E-state index >= 15 is 0 Å². The maximum Gasteiger partial charge on any atom is 0.124 e. The van der Waals surface area contributed by atoms with E-state index in [9.17, 15) is 0 Å². The number of halogens is 2. The van der Waals surface area contributed by atoms with Gasteiger partial charge in [0.15, 0.2) is 0 Å². The molecule has 2 nitrogen and oxygen atoms in total. The summed E-state index contributed by atoms with van der Waals surface area (Å²) in [7, 11) is 0. The van der Waals surface area contributed by atoms with Gasteiger partial charge in [0.2, 0.25) is 0 Å². The van der Waals surface area contributed by atoms with Gasteiger partial charge < -0.3 is 10.1 Å². The summed E-state index contributed by atoms with van der Waals surface area (Å²) >= 11 is 5.99. The first-order valence-electron chi connectivity index (χ1n) is 10.9. The predicted octanol–water partition coefficient (Wildman–Crippen LogP) is 7.94. The highest BCUT2D eigenvalue weighted by Crippen LogP contribution is 2.29. The molecule has 0 fully saturated rings. The minimum absolute atomic E-state index is 0. The molecule has 0 unspecified atom stereocenters. The molecule has 0 saturated carbocycles. The van der Waals surface area contributed by atoms with Gasteiger partial charge in [-0.1, -0.05) is 93.1 Å². The number of ether oxygens (including phenoxy) is 1. The molecule has 4 heteroatoms. The number of nitrogens with one attached hydrogen (secondary N) is 1. The second-order valence-corrected chi connectivity index (χ2v) is 8.06. The third-order valence-corrected chi connectivity index (χ3v) is 5.57. The zero-order valence-corrected chi connectivity index (χ0v) is 19.4. The standard InChI is InChI=1S/C26H32ClNO.ClH/c1-2-3-4-5-6-9-18-28-19-25-24-11-8-7-10-22(24)14-17-26(25)29-20-21-12-15-23(27)16-13-21;/h7-8,10-17,28H,2-6,9,18-20H2,1H3;1H. The molecule has 3 rings (SSSR count). The summed E-state index contributed by atoms with van der Waals surface area (Å²) in [5.41, 5.74) is 2.36. The Hall–Kier alpha value is -1.74. The first-order valence-corrected chi connectivity index (χ1v) is 11.2. The summed E-state index contributed by atoms with van der Waals surface area (Å²) < 4.78 is 6.21. The van der Waals surface area contributed by atoms with E-state index in [4.69, 9.17) is 16.3 Å². The fourth-order valence-corrected chi connectivity index (χ4v) is 3.74. The van der Waals surface area contributed by atoms with E-state index in [0.29, 0.717) is 6.61 Å². The summed E-state index contributed by atoms with van der Waals surface area (Å²) in [6, 6.07) is 20.6. The van der Waals surface area contributed by atoms with Crippen LogP contribution in [0.2, 0.25) is 5.02 Å². The van der Waals surface area contributed by atoms with Crippen molar-refractivity contribution in [3.63, 3.8) is 0 Å². The molecule has 0 saturated heterocycles. The number of benzene rings is 3. The highest BCUT2D eigenvalue weighted by Gasteiger charge is 2.09. The van der Waals surface area contributed by atoms with Crippen molar-refractivity contribution in [1.29, 1.82) is 0 Å². The van der Waals surface area contributed by atoms with Crippen molar-refractivity contribution < 1.29 is 4.74 Å². The van der Waals surface area contributed by atoms with Crippen LogP contribution in [0.5, 0.6) is 5.75 Å². The quantitative estimate of drug-likeness (QED) is 0.285. The molecule has 0 aromatic heterocycles. The van der Waals surface area contributed by atoms with Crippen molar-refractivity contribution in [2.75, 3.05) is 6.54 Å². The van der Waals surface area contributed by atoms with Crippen molar-refractivity contribution in [1.82, 2.24) is 5.32 Å². The molecule has 0 aliphatic carbocycles. The fraction of sp³-hybridized carbons (Fsp3) is 0.385. The van der Waals surface area contributed by atoms with Crippen LogP contribution < -0.4 is 10.1 Å². The average molecular weight is 446 g/mol. The van der Waals surface area contributed by atoms with Crippen molar-refractivity contribution >= 4 is 34.8 Å². The van der Waals surface area contributed by atoms with Gasteiger partial charge in [0.1, 0.15) is 12.4 Å². The largest absolute Gasteiger partial charge is 0.489 e. The molecule has 30 heavy (non-hydrogen) atoms. The number of hydrogen-bond donors (Lipinski definition) is 1. The van der Waals surface area contributed by atoms with Gasteiger partial charge in [0, 0.05) is 17.1 Å². The summed E-state index contributed by atoms with van der Waals surface area (Å²) in [6.45, 7) is 4.68. The Balaban J connectivity index is 0.00000320. The van der Waals surface area contributed by atoms with Crippen LogP contribution in [0.3, 0.4) is 0 Å². The van der Waals surface area contributed by atoms with Crippen LogP contribution >= 0.6 is 24.0 Å². The Morgan fingerprint density at radius 2 is 1.57 bits per heavy atom. The van der Waals surface area contributed by atoms with Crippen LogP contribution in [0.4, 0.5) is 0 Å². The summed E-state index contributed by atoms with van der Waals surface area (Å²) in [5, 5.41) is 6.90. The Bertz CT molecular complexity index is 880. The van der Waals surface area contributed by atoms with E-state index in [1.54, 1.807) is 0 Å². The van der Waals surface area contributed by atoms with Gasteiger partial charge in [-0.3, -0.25) is 0 Å². The van der Waals surface area contributed by atoms with Crippen molar-refractivity contribution in [2.24, 2.45) is 0 Å². The van der Waals surface area contributed by atoms with Crippen LogP contribution in [0, 0.1) is 0 Å². The van der Waals surface area contributed by atoms with Crippen LogP contribution in [0.1, 0.15) is 56.6 Å². The maximum atomic E-state index is 6.21. The van der Waals surface area contributed by atoms with Crippen LogP contribution in [-0.4, -0.2) is 6.54 Å². The van der Waals surface area contributed by atoms with E-state index in [0.717, 1.165) is 29.4 Å². The smallest absolute Gasteiger partial charge is 0.124 e. The molecule has 0 atom stereocenters. The number of hydrogen-bond acceptors (Lipinski definition) is 2. The predicted molar refractivity (Wildman–Crippen MR) is 132 cm³/mol. The topological polar surface area (TPSA) is 21.3 Å². The second-order valence-electron chi connectivity index (χ2n) is 7.62. The lowest BCUT2D eigenvalue weighted by Crippen LogP contribution is -2.16. The van der Waals surface area contributed by atoms with Gasteiger partial charge in [-0.2, -0.15) is 0 Å². The second kappa shape index (κ2) is 13.5. The first kappa shape index (κ1) is 24.5. The van der Waals surface area contributed by atoms with Crippen molar-refractivity contribution in [3.05, 3.63) is 76.8 Å². The number of fused-ring (bicyclic) bond motifs is 1. The highest BCUT2D eigenvalue weighted by atomic mass is 35.5. The molecular weight excluding hydrogens is 413 g/mol. The molecule has 3 aromatic rings. The highest BCUT2D eigenvalue weighted by molar-refractivity contribution is 6.30. The number of unbranched alkanes of at least 4 members (excludes halogenated alkanes) is 5. The summed E-state index contributed by atoms with van der Waals surface area (Å²) in [5.74, 6) is 0.953. The minimum atomic E-state index is 0. The fourth-order valence-electron chi connectivity index (χ4n) is 3.62. The van der Waals surface area contributed by atoms with Gasteiger partial charge in [-0.05, 0) is 47.5 Å². The average Bonchev–Trinajstić information content (AvgIpc) is 2.75. The van der Waals surface area contributed by atoms with Crippen LogP contribution in [0.25, 0.3) is 10.8 Å². The Morgan fingerprint density at radius 1 is 0.833 bits per heavy atom. The van der Waals surface area contributed by atoms with Crippen LogP contribution in [-0.2, 0) is 13.2 Å². The van der Waals surface area contributed by atoms with Gasteiger partial charge in [0.05, 0.1) is 0 Å². The Labute approximate surface area is 192 Å². The molecule has 0 radical (unpaired) electrons.